The summed E-state index contributed by atoms with van der Waals surface area (Å²) in [4.78, 5) is 28.8. The normalized spacial score (nSPS) is 20.0. The SMILES string of the molecule is C=CCNC(=O)N1CC2Oc3cc(-c4cccc(OC)c4)ccc3C(=O)N(C)C2C1. The van der Waals surface area contributed by atoms with Crippen molar-refractivity contribution in [3.8, 4) is 22.6 Å². The predicted molar refractivity (Wildman–Crippen MR) is 114 cm³/mol. The van der Waals surface area contributed by atoms with Crippen LogP contribution in [0.25, 0.3) is 11.1 Å². The molecule has 2 heterocycles. The maximum Gasteiger partial charge on any atom is 0.317 e. The van der Waals surface area contributed by atoms with Crippen molar-refractivity contribution in [1.82, 2.24) is 15.1 Å². The lowest BCUT2D eigenvalue weighted by molar-refractivity contribution is 0.0682. The van der Waals surface area contributed by atoms with E-state index < -0.39 is 0 Å². The van der Waals surface area contributed by atoms with Gasteiger partial charge in [-0.25, -0.2) is 4.79 Å². The van der Waals surface area contributed by atoms with Crippen LogP contribution >= 0.6 is 0 Å². The average Bonchev–Trinajstić information content (AvgIpc) is 3.16. The van der Waals surface area contributed by atoms with Crippen LogP contribution in [0.5, 0.6) is 11.5 Å². The summed E-state index contributed by atoms with van der Waals surface area (Å²) in [6, 6.07) is 13.0. The number of methoxy groups -OCH3 is 1. The van der Waals surface area contributed by atoms with Crippen molar-refractivity contribution < 1.29 is 19.1 Å². The molecule has 1 N–H and O–H groups in total. The molecule has 30 heavy (non-hydrogen) atoms. The fourth-order valence-electron chi connectivity index (χ4n) is 3.96. The number of hydrogen-bond donors (Lipinski definition) is 1. The zero-order valence-corrected chi connectivity index (χ0v) is 17.1. The van der Waals surface area contributed by atoms with Gasteiger partial charge in [-0.15, -0.1) is 6.58 Å². The fourth-order valence-corrected chi connectivity index (χ4v) is 3.96. The molecule has 2 atom stereocenters. The van der Waals surface area contributed by atoms with Gasteiger partial charge in [0.2, 0.25) is 0 Å². The van der Waals surface area contributed by atoms with E-state index in [-0.39, 0.29) is 24.1 Å². The van der Waals surface area contributed by atoms with Gasteiger partial charge >= 0.3 is 6.03 Å². The van der Waals surface area contributed by atoms with Gasteiger partial charge in [-0.05, 0) is 35.4 Å². The molecule has 7 nitrogen and oxygen atoms in total. The highest BCUT2D eigenvalue weighted by atomic mass is 16.5. The highest BCUT2D eigenvalue weighted by Gasteiger charge is 2.43. The van der Waals surface area contributed by atoms with Gasteiger partial charge in [0.05, 0.1) is 25.3 Å². The molecule has 4 rings (SSSR count). The Balaban J connectivity index is 1.63. The molecule has 0 bridgehead atoms. The van der Waals surface area contributed by atoms with Gasteiger partial charge < -0.3 is 24.6 Å². The second-order valence-electron chi connectivity index (χ2n) is 7.46. The minimum atomic E-state index is -0.296. The first-order chi connectivity index (χ1) is 14.5. The summed E-state index contributed by atoms with van der Waals surface area (Å²) in [5, 5.41) is 2.78. The molecular weight excluding hydrogens is 382 g/mol. The molecule has 0 radical (unpaired) electrons. The van der Waals surface area contributed by atoms with Gasteiger partial charge in [0.15, 0.2) is 0 Å². The highest BCUT2D eigenvalue weighted by Crippen LogP contribution is 2.34. The number of benzene rings is 2. The van der Waals surface area contributed by atoms with Crippen LogP contribution in [0.1, 0.15) is 10.4 Å². The lowest BCUT2D eigenvalue weighted by atomic mass is 10.0. The third kappa shape index (κ3) is 3.58. The van der Waals surface area contributed by atoms with Crippen LogP contribution < -0.4 is 14.8 Å². The topological polar surface area (TPSA) is 71.1 Å². The van der Waals surface area contributed by atoms with E-state index in [1.807, 2.05) is 36.4 Å². The first-order valence-electron chi connectivity index (χ1n) is 9.87. The molecule has 2 unspecified atom stereocenters. The van der Waals surface area contributed by atoms with Crippen molar-refractivity contribution in [3.63, 3.8) is 0 Å². The number of ether oxygens (including phenoxy) is 2. The molecule has 156 valence electrons. The maximum absolute atomic E-state index is 13.1. The van der Waals surface area contributed by atoms with Gasteiger partial charge in [0, 0.05) is 20.1 Å². The number of hydrogen-bond acceptors (Lipinski definition) is 4. The van der Waals surface area contributed by atoms with Gasteiger partial charge in [0.1, 0.15) is 17.6 Å². The largest absolute Gasteiger partial charge is 0.497 e. The van der Waals surface area contributed by atoms with E-state index in [1.165, 1.54) is 0 Å². The number of rotatable bonds is 4. The summed E-state index contributed by atoms with van der Waals surface area (Å²) in [5.41, 5.74) is 2.43. The number of likely N-dealkylation sites (tertiary alicyclic amines) is 1. The van der Waals surface area contributed by atoms with E-state index in [4.69, 9.17) is 9.47 Å². The zero-order chi connectivity index (χ0) is 21.3. The van der Waals surface area contributed by atoms with Gasteiger partial charge in [-0.2, -0.15) is 0 Å². The van der Waals surface area contributed by atoms with Gasteiger partial charge in [-0.3, -0.25) is 4.79 Å². The van der Waals surface area contributed by atoms with Gasteiger partial charge in [0.25, 0.3) is 5.91 Å². The monoisotopic (exact) mass is 407 g/mol. The van der Waals surface area contributed by atoms with Crippen molar-refractivity contribution in [3.05, 3.63) is 60.7 Å². The molecule has 1 fully saturated rings. The minimum absolute atomic E-state index is 0.108. The number of amides is 3. The Hall–Kier alpha value is -3.48. The molecule has 0 spiro atoms. The molecular formula is C23H25N3O4. The first-order valence-corrected chi connectivity index (χ1v) is 9.87. The molecule has 0 aliphatic carbocycles. The molecule has 2 aromatic rings. The summed E-state index contributed by atoms with van der Waals surface area (Å²) in [6.07, 6.45) is 1.34. The van der Waals surface area contributed by atoms with E-state index in [9.17, 15) is 9.59 Å². The van der Waals surface area contributed by atoms with Crippen molar-refractivity contribution in [2.45, 2.75) is 12.1 Å². The Bertz CT molecular complexity index is 990. The lowest BCUT2D eigenvalue weighted by Gasteiger charge is -2.25. The van der Waals surface area contributed by atoms with Gasteiger partial charge in [-0.1, -0.05) is 24.3 Å². The Kier molecular flexibility index (Phi) is 5.35. The number of nitrogens with one attached hydrogen (secondary N) is 1. The smallest absolute Gasteiger partial charge is 0.317 e. The lowest BCUT2D eigenvalue weighted by Crippen LogP contribution is -2.44. The average molecular weight is 407 g/mol. The third-order valence-electron chi connectivity index (χ3n) is 5.63. The summed E-state index contributed by atoms with van der Waals surface area (Å²) in [7, 11) is 3.39. The maximum atomic E-state index is 13.1. The second kappa shape index (κ2) is 8.10. The van der Waals surface area contributed by atoms with Crippen LogP contribution in [-0.4, -0.2) is 67.7 Å². The van der Waals surface area contributed by atoms with Crippen molar-refractivity contribution in [1.29, 1.82) is 0 Å². The number of carbonyl (C=O) groups is 2. The Morgan fingerprint density at radius 3 is 2.83 bits per heavy atom. The van der Waals surface area contributed by atoms with Crippen LogP contribution in [0, 0.1) is 0 Å². The predicted octanol–water partition coefficient (Wildman–Crippen LogP) is 2.78. The molecule has 0 aromatic heterocycles. The molecule has 3 amide bonds. The minimum Gasteiger partial charge on any atom is -0.497 e. The number of fused-ring (bicyclic) bond motifs is 2. The number of likely N-dealkylation sites (N-methyl/N-ethyl adjacent to an activating group) is 1. The summed E-state index contributed by atoms with van der Waals surface area (Å²) < 4.78 is 11.6. The molecule has 7 heteroatoms. The van der Waals surface area contributed by atoms with E-state index >= 15 is 0 Å². The standard InChI is InChI=1S/C23H25N3O4/c1-4-10-24-23(28)26-13-19-21(14-26)30-20-12-16(8-9-18(20)22(27)25(19)2)15-6-5-7-17(11-15)29-3/h4-9,11-12,19,21H,1,10,13-14H2,2-3H3,(H,24,28). The zero-order valence-electron chi connectivity index (χ0n) is 17.1. The van der Waals surface area contributed by atoms with Crippen LogP contribution in [0.2, 0.25) is 0 Å². The van der Waals surface area contributed by atoms with E-state index in [0.717, 1.165) is 16.9 Å². The molecule has 0 saturated carbocycles. The van der Waals surface area contributed by atoms with E-state index in [0.29, 0.717) is 30.9 Å². The Morgan fingerprint density at radius 1 is 1.27 bits per heavy atom. The van der Waals surface area contributed by atoms with Crippen LogP contribution in [0.15, 0.2) is 55.1 Å². The van der Waals surface area contributed by atoms with Crippen LogP contribution in [0.3, 0.4) is 0 Å². The van der Waals surface area contributed by atoms with E-state index in [1.54, 1.807) is 36.1 Å². The molecule has 2 aliphatic rings. The number of carbonyl (C=O) groups excluding carboxylic acids is 2. The van der Waals surface area contributed by atoms with Crippen molar-refractivity contribution in [2.75, 3.05) is 33.8 Å². The molecule has 2 aliphatic heterocycles. The Labute approximate surface area is 175 Å². The number of nitrogens with zero attached hydrogens (tertiary/aromatic N) is 2. The molecule has 2 aromatic carbocycles. The van der Waals surface area contributed by atoms with Crippen molar-refractivity contribution in [2.24, 2.45) is 0 Å². The summed E-state index contributed by atoms with van der Waals surface area (Å²) >= 11 is 0. The van der Waals surface area contributed by atoms with Crippen molar-refractivity contribution >= 4 is 11.9 Å². The highest BCUT2D eigenvalue weighted by molar-refractivity contribution is 5.98. The van der Waals surface area contributed by atoms with Crippen LogP contribution in [0.4, 0.5) is 4.79 Å². The second-order valence-corrected chi connectivity index (χ2v) is 7.46. The number of urea groups is 1. The first kappa shape index (κ1) is 19.8. The summed E-state index contributed by atoms with van der Waals surface area (Å²) in [5.74, 6) is 1.19. The Morgan fingerprint density at radius 2 is 2.07 bits per heavy atom. The summed E-state index contributed by atoms with van der Waals surface area (Å²) in [6.45, 7) is 4.85. The quantitative estimate of drug-likeness (QED) is 0.792. The van der Waals surface area contributed by atoms with Crippen LogP contribution in [-0.2, 0) is 0 Å². The fraction of sp³-hybridized carbons (Fsp3) is 0.304. The van der Waals surface area contributed by atoms with E-state index in [2.05, 4.69) is 11.9 Å². The molecule has 1 saturated heterocycles. The third-order valence-corrected chi connectivity index (χ3v) is 5.63.